The zero-order valence-corrected chi connectivity index (χ0v) is 5.25. The Bertz CT molecular complexity index is 81.0. The van der Waals surface area contributed by atoms with Gasteiger partial charge in [0.25, 0.3) is 0 Å². The lowest BCUT2D eigenvalue weighted by molar-refractivity contribution is -0.0230. The maximum absolute atomic E-state index is 10.2. The number of ether oxygens (including phenoxy) is 3. The lowest BCUT2D eigenvalue weighted by Crippen LogP contribution is -2.08. The molecule has 0 N–H and O–H groups in total. The van der Waals surface area contributed by atoms with Gasteiger partial charge in [-0.3, -0.25) is 0 Å². The van der Waals surface area contributed by atoms with Gasteiger partial charge in [0.2, 0.25) is 0 Å². The van der Waals surface area contributed by atoms with Crippen molar-refractivity contribution >= 4 is 6.16 Å². The van der Waals surface area contributed by atoms with Crippen molar-refractivity contribution in [1.29, 1.82) is 0 Å². The summed E-state index contributed by atoms with van der Waals surface area (Å²) in [6, 6.07) is 0. The molecule has 0 aliphatic heterocycles. The van der Waals surface area contributed by atoms with Crippen LogP contribution >= 0.6 is 0 Å². The highest BCUT2D eigenvalue weighted by Crippen LogP contribution is 1.83. The van der Waals surface area contributed by atoms with Gasteiger partial charge in [-0.25, -0.2) is 4.79 Å². The van der Waals surface area contributed by atoms with Crippen LogP contribution in [0.15, 0.2) is 0 Å². The van der Waals surface area contributed by atoms with Crippen LogP contribution in [0.4, 0.5) is 4.79 Å². The molecule has 0 unspecified atom stereocenters. The molecule has 4 heteroatoms. The van der Waals surface area contributed by atoms with E-state index < -0.39 is 6.16 Å². The van der Waals surface area contributed by atoms with Crippen LogP contribution in [0.25, 0.3) is 0 Å². The van der Waals surface area contributed by atoms with E-state index >= 15 is 0 Å². The van der Waals surface area contributed by atoms with E-state index in [1.54, 1.807) is 0 Å². The van der Waals surface area contributed by atoms with Crippen molar-refractivity contribution in [3.8, 4) is 0 Å². The van der Waals surface area contributed by atoms with Crippen molar-refractivity contribution in [2.75, 3.05) is 20.5 Å². The number of carbonyl (C=O) groups is 1. The Balaban J connectivity index is 3.06. The monoisotopic (exact) mass is 133 g/mol. The summed E-state index contributed by atoms with van der Waals surface area (Å²) in [7, 11) is 1.41. The van der Waals surface area contributed by atoms with Crippen LogP contribution in [0.5, 0.6) is 0 Å². The third kappa shape index (κ3) is 5.10. The topological polar surface area (TPSA) is 44.8 Å². The lowest BCUT2D eigenvalue weighted by atomic mass is 10.9. The predicted octanol–water partition coefficient (Wildman–Crippen LogP) is 0.578. The molecule has 53 valence electrons. The van der Waals surface area contributed by atoms with E-state index in [9.17, 15) is 4.79 Å². The lowest BCUT2D eigenvalue weighted by Gasteiger charge is -2.00. The van der Waals surface area contributed by atoms with Crippen LogP contribution < -0.4 is 0 Å². The van der Waals surface area contributed by atoms with Gasteiger partial charge in [0, 0.05) is 7.11 Å². The van der Waals surface area contributed by atoms with Gasteiger partial charge < -0.3 is 14.2 Å². The summed E-state index contributed by atoms with van der Waals surface area (Å²) in [5.41, 5.74) is 0. The fourth-order valence-corrected chi connectivity index (χ4v) is 0.232. The van der Waals surface area contributed by atoms with E-state index in [-0.39, 0.29) is 13.4 Å². The highest BCUT2D eigenvalue weighted by atomic mass is 16.8. The molecular formula is C5H9O4. The first-order chi connectivity index (χ1) is 4.31. The average Bonchev–Trinajstić information content (AvgIpc) is 1.85. The van der Waals surface area contributed by atoms with Crippen LogP contribution in [-0.2, 0) is 14.2 Å². The summed E-state index contributed by atoms with van der Waals surface area (Å²) in [5.74, 6) is 0. The Hall–Kier alpha value is -0.770. The molecule has 0 heterocycles. The van der Waals surface area contributed by atoms with Gasteiger partial charge in [-0.05, 0) is 6.92 Å². The maximum Gasteiger partial charge on any atom is 0.510 e. The zero-order valence-electron chi connectivity index (χ0n) is 5.25. The molecule has 0 aliphatic rings. The minimum atomic E-state index is -0.758. The van der Waals surface area contributed by atoms with Gasteiger partial charge in [0.05, 0.1) is 6.61 Å². The number of methoxy groups -OCH3 is 1. The Labute approximate surface area is 53.7 Å². The fourth-order valence-electron chi connectivity index (χ4n) is 0.232. The molecule has 0 aromatic rings. The number of carbonyl (C=O) groups excluding carboxylic acids is 1. The Morgan fingerprint density at radius 1 is 1.56 bits per heavy atom. The van der Waals surface area contributed by atoms with Crippen LogP contribution in [0.3, 0.4) is 0 Å². The number of rotatable bonds is 3. The Morgan fingerprint density at radius 2 is 2.22 bits per heavy atom. The molecule has 0 aromatic heterocycles. The standard InChI is InChI=1S/C5H9O4/c1-3-8-5(6)9-4-7-2/h1,3-4H2,2H3. The second-order valence-corrected chi connectivity index (χ2v) is 1.15. The first-order valence-electron chi connectivity index (χ1n) is 2.39. The summed E-state index contributed by atoms with van der Waals surface area (Å²) in [6.07, 6.45) is -0.758. The van der Waals surface area contributed by atoms with Crippen molar-refractivity contribution < 1.29 is 19.0 Å². The van der Waals surface area contributed by atoms with Gasteiger partial charge >= 0.3 is 6.16 Å². The van der Waals surface area contributed by atoms with Gasteiger partial charge in [0.1, 0.15) is 0 Å². The highest BCUT2D eigenvalue weighted by molar-refractivity contribution is 5.59. The van der Waals surface area contributed by atoms with Crippen LogP contribution in [0.1, 0.15) is 0 Å². The predicted molar refractivity (Wildman–Crippen MR) is 29.7 cm³/mol. The Kier molecular flexibility index (Phi) is 4.91. The summed E-state index contributed by atoms with van der Waals surface area (Å²) in [4.78, 5) is 10.2. The zero-order chi connectivity index (χ0) is 7.11. The van der Waals surface area contributed by atoms with E-state index in [0.717, 1.165) is 0 Å². The Morgan fingerprint density at radius 3 is 2.67 bits per heavy atom. The molecule has 0 aromatic carbocycles. The molecule has 4 nitrogen and oxygen atoms in total. The largest absolute Gasteiger partial charge is 0.510 e. The third-order valence-corrected chi connectivity index (χ3v) is 0.515. The summed E-state index contributed by atoms with van der Waals surface area (Å²) in [6.45, 7) is 3.26. The molecule has 0 saturated heterocycles. The molecule has 0 amide bonds. The van der Waals surface area contributed by atoms with Crippen molar-refractivity contribution in [2.24, 2.45) is 0 Å². The van der Waals surface area contributed by atoms with Crippen molar-refractivity contribution in [3.63, 3.8) is 0 Å². The van der Waals surface area contributed by atoms with Gasteiger partial charge in [-0.2, -0.15) is 0 Å². The molecule has 0 rings (SSSR count). The molecule has 0 saturated carbocycles. The molecular weight excluding hydrogens is 124 g/mol. The van der Waals surface area contributed by atoms with E-state index in [0.29, 0.717) is 0 Å². The maximum atomic E-state index is 10.2. The van der Waals surface area contributed by atoms with Gasteiger partial charge in [-0.1, -0.05) is 0 Å². The highest BCUT2D eigenvalue weighted by Gasteiger charge is 1.98. The SMILES string of the molecule is [CH2]COC(=O)OCOC. The second-order valence-electron chi connectivity index (χ2n) is 1.15. The summed E-state index contributed by atoms with van der Waals surface area (Å²) >= 11 is 0. The van der Waals surface area contributed by atoms with Gasteiger partial charge in [0.15, 0.2) is 6.79 Å². The van der Waals surface area contributed by atoms with E-state index in [2.05, 4.69) is 21.1 Å². The third-order valence-electron chi connectivity index (χ3n) is 0.515. The van der Waals surface area contributed by atoms with Crippen molar-refractivity contribution in [2.45, 2.75) is 0 Å². The molecule has 0 bridgehead atoms. The average molecular weight is 133 g/mol. The van der Waals surface area contributed by atoms with E-state index in [4.69, 9.17) is 0 Å². The van der Waals surface area contributed by atoms with Crippen LogP contribution in [0, 0.1) is 6.92 Å². The van der Waals surface area contributed by atoms with Gasteiger partial charge in [-0.15, -0.1) is 0 Å². The van der Waals surface area contributed by atoms with E-state index in [1.807, 2.05) is 0 Å². The van der Waals surface area contributed by atoms with E-state index in [1.165, 1.54) is 7.11 Å². The number of hydrogen-bond donors (Lipinski definition) is 0. The first kappa shape index (κ1) is 8.23. The quantitative estimate of drug-likeness (QED) is 0.417. The second kappa shape index (κ2) is 5.37. The van der Waals surface area contributed by atoms with Crippen molar-refractivity contribution in [1.82, 2.24) is 0 Å². The smallest absolute Gasteiger partial charge is 0.434 e. The normalized spacial score (nSPS) is 8.67. The molecule has 1 radical (unpaired) electrons. The minimum Gasteiger partial charge on any atom is -0.434 e. The molecule has 9 heavy (non-hydrogen) atoms. The van der Waals surface area contributed by atoms with Crippen LogP contribution in [-0.4, -0.2) is 26.7 Å². The fraction of sp³-hybridized carbons (Fsp3) is 0.600. The summed E-state index contributed by atoms with van der Waals surface area (Å²) < 4.78 is 13.0. The first-order valence-corrected chi connectivity index (χ1v) is 2.39. The molecule has 0 spiro atoms. The molecule has 0 fully saturated rings. The molecule has 0 atom stereocenters. The van der Waals surface area contributed by atoms with Crippen molar-refractivity contribution in [3.05, 3.63) is 6.92 Å². The number of hydrogen-bond acceptors (Lipinski definition) is 4. The van der Waals surface area contributed by atoms with Crippen LogP contribution in [0.2, 0.25) is 0 Å². The summed E-state index contributed by atoms with van der Waals surface area (Å²) in [5, 5.41) is 0. The molecule has 0 aliphatic carbocycles. The minimum absolute atomic E-state index is 0.0720.